The summed E-state index contributed by atoms with van der Waals surface area (Å²) in [6.45, 7) is 2.02. The van der Waals surface area contributed by atoms with Crippen LogP contribution in [0.25, 0.3) is 10.9 Å². The Labute approximate surface area is 127 Å². The smallest absolute Gasteiger partial charge is 0.229 e. The van der Waals surface area contributed by atoms with Gasteiger partial charge in [0.1, 0.15) is 16.4 Å². The molecule has 0 bridgehead atoms. The van der Waals surface area contributed by atoms with E-state index in [0.717, 1.165) is 16.6 Å². The highest BCUT2D eigenvalue weighted by Crippen LogP contribution is 2.30. The fourth-order valence-corrected chi connectivity index (χ4v) is 2.37. The van der Waals surface area contributed by atoms with Crippen LogP contribution in [0.15, 0.2) is 42.5 Å². The van der Waals surface area contributed by atoms with Crippen LogP contribution in [0.3, 0.4) is 0 Å². The van der Waals surface area contributed by atoms with Crippen molar-refractivity contribution in [1.82, 2.24) is 9.97 Å². The first-order valence-corrected chi connectivity index (χ1v) is 6.90. The maximum atomic E-state index is 6.25. The third-order valence-electron chi connectivity index (χ3n) is 3.25. The molecule has 5 heteroatoms. The van der Waals surface area contributed by atoms with E-state index >= 15 is 0 Å². The highest BCUT2D eigenvalue weighted by Gasteiger charge is 2.10. The summed E-state index contributed by atoms with van der Waals surface area (Å²) < 4.78 is 5.33. The van der Waals surface area contributed by atoms with Crippen LogP contribution in [-0.2, 0) is 0 Å². The van der Waals surface area contributed by atoms with E-state index in [2.05, 4.69) is 15.3 Å². The van der Waals surface area contributed by atoms with Crippen molar-refractivity contribution in [1.29, 1.82) is 0 Å². The molecule has 0 radical (unpaired) electrons. The molecule has 0 aliphatic carbocycles. The number of fused-ring (bicyclic) bond motifs is 1. The molecule has 0 aliphatic heterocycles. The Morgan fingerprint density at radius 1 is 1.05 bits per heavy atom. The second kappa shape index (κ2) is 5.58. The van der Waals surface area contributed by atoms with Gasteiger partial charge in [0, 0.05) is 11.1 Å². The predicted octanol–water partition coefficient (Wildman–Crippen LogP) is 4.34. The first-order valence-electron chi connectivity index (χ1n) is 6.52. The fraction of sp³-hybridized carbons (Fsp3) is 0.125. The van der Waals surface area contributed by atoms with Crippen LogP contribution in [0, 0.1) is 6.92 Å². The standard InChI is InChI=1S/C16H14ClN3O/c1-10-6-3-4-8-12(10)18-16-19-14-11(15(17)20-16)7-5-9-13(14)21-2/h3-9H,1-2H3,(H,18,19,20). The lowest BCUT2D eigenvalue weighted by molar-refractivity contribution is 0.419. The number of benzene rings is 2. The van der Waals surface area contributed by atoms with Gasteiger partial charge in [-0.15, -0.1) is 0 Å². The minimum absolute atomic E-state index is 0.398. The van der Waals surface area contributed by atoms with E-state index in [1.807, 2.05) is 49.4 Å². The lowest BCUT2D eigenvalue weighted by Gasteiger charge is -2.10. The quantitative estimate of drug-likeness (QED) is 0.731. The zero-order valence-corrected chi connectivity index (χ0v) is 12.5. The van der Waals surface area contributed by atoms with Gasteiger partial charge in [0.05, 0.1) is 7.11 Å². The summed E-state index contributed by atoms with van der Waals surface area (Å²) in [4.78, 5) is 8.81. The van der Waals surface area contributed by atoms with Gasteiger partial charge in [0.15, 0.2) is 0 Å². The Morgan fingerprint density at radius 2 is 1.86 bits per heavy atom. The number of halogens is 1. The van der Waals surface area contributed by atoms with E-state index in [1.165, 1.54) is 0 Å². The topological polar surface area (TPSA) is 47.0 Å². The number of hydrogen-bond donors (Lipinski definition) is 1. The van der Waals surface area contributed by atoms with Crippen LogP contribution >= 0.6 is 11.6 Å². The molecule has 4 nitrogen and oxygen atoms in total. The molecule has 21 heavy (non-hydrogen) atoms. The molecule has 1 N–H and O–H groups in total. The number of rotatable bonds is 3. The number of aryl methyl sites for hydroxylation is 1. The molecule has 0 unspecified atom stereocenters. The summed E-state index contributed by atoms with van der Waals surface area (Å²) in [5, 5.41) is 4.36. The predicted molar refractivity (Wildman–Crippen MR) is 85.6 cm³/mol. The minimum atomic E-state index is 0.398. The first-order chi connectivity index (χ1) is 10.2. The van der Waals surface area contributed by atoms with Crippen LogP contribution in [0.1, 0.15) is 5.56 Å². The summed E-state index contributed by atoms with van der Waals surface area (Å²) in [6.07, 6.45) is 0. The second-order valence-electron chi connectivity index (χ2n) is 4.63. The Bertz CT molecular complexity index is 805. The Morgan fingerprint density at radius 3 is 2.62 bits per heavy atom. The molecule has 0 aliphatic rings. The van der Waals surface area contributed by atoms with Crippen molar-refractivity contribution in [2.75, 3.05) is 12.4 Å². The van der Waals surface area contributed by atoms with Crippen molar-refractivity contribution in [2.24, 2.45) is 0 Å². The molecular weight excluding hydrogens is 286 g/mol. The summed E-state index contributed by atoms with van der Waals surface area (Å²) in [5.74, 6) is 1.12. The van der Waals surface area contributed by atoms with E-state index in [-0.39, 0.29) is 0 Å². The Hall–Kier alpha value is -2.33. The maximum absolute atomic E-state index is 6.25. The zero-order chi connectivity index (χ0) is 14.8. The van der Waals surface area contributed by atoms with Crippen LogP contribution in [0.5, 0.6) is 5.75 Å². The third kappa shape index (κ3) is 2.62. The van der Waals surface area contributed by atoms with Gasteiger partial charge in [0.25, 0.3) is 0 Å². The number of aromatic nitrogens is 2. The third-order valence-corrected chi connectivity index (χ3v) is 3.54. The van der Waals surface area contributed by atoms with Crippen LogP contribution in [0.4, 0.5) is 11.6 Å². The largest absolute Gasteiger partial charge is 0.494 e. The molecule has 0 fully saturated rings. The van der Waals surface area contributed by atoms with Crippen molar-refractivity contribution >= 4 is 34.1 Å². The van der Waals surface area contributed by atoms with Gasteiger partial charge in [-0.2, -0.15) is 0 Å². The van der Waals surface area contributed by atoms with Crippen molar-refractivity contribution in [3.05, 3.63) is 53.2 Å². The van der Waals surface area contributed by atoms with Gasteiger partial charge >= 0.3 is 0 Å². The van der Waals surface area contributed by atoms with Crippen molar-refractivity contribution in [2.45, 2.75) is 6.92 Å². The van der Waals surface area contributed by atoms with Gasteiger partial charge < -0.3 is 10.1 Å². The van der Waals surface area contributed by atoms with Gasteiger partial charge in [-0.3, -0.25) is 0 Å². The molecule has 0 amide bonds. The zero-order valence-electron chi connectivity index (χ0n) is 11.7. The maximum Gasteiger partial charge on any atom is 0.229 e. The number of anilines is 2. The van der Waals surface area contributed by atoms with Gasteiger partial charge in [-0.1, -0.05) is 35.9 Å². The molecule has 106 valence electrons. The highest BCUT2D eigenvalue weighted by molar-refractivity contribution is 6.34. The van der Waals surface area contributed by atoms with Gasteiger partial charge in [-0.25, -0.2) is 9.97 Å². The normalized spacial score (nSPS) is 10.6. The van der Waals surface area contributed by atoms with Crippen molar-refractivity contribution < 1.29 is 4.74 Å². The monoisotopic (exact) mass is 299 g/mol. The summed E-state index contributed by atoms with van der Waals surface area (Å²) in [7, 11) is 1.61. The number of para-hydroxylation sites is 2. The summed E-state index contributed by atoms with van der Waals surface area (Å²) >= 11 is 6.25. The minimum Gasteiger partial charge on any atom is -0.494 e. The van der Waals surface area contributed by atoms with Gasteiger partial charge in [0.2, 0.25) is 5.95 Å². The van der Waals surface area contributed by atoms with E-state index in [0.29, 0.717) is 22.4 Å². The average molecular weight is 300 g/mol. The molecular formula is C16H14ClN3O. The van der Waals surface area contributed by atoms with E-state index < -0.39 is 0 Å². The molecule has 1 heterocycles. The molecule has 0 saturated heterocycles. The Kier molecular flexibility index (Phi) is 3.62. The van der Waals surface area contributed by atoms with Crippen molar-refractivity contribution in [3.8, 4) is 5.75 Å². The molecule has 0 atom stereocenters. The van der Waals surface area contributed by atoms with Crippen LogP contribution < -0.4 is 10.1 Å². The molecule has 3 rings (SSSR count). The second-order valence-corrected chi connectivity index (χ2v) is 4.99. The number of ether oxygens (including phenoxy) is 1. The lowest BCUT2D eigenvalue weighted by atomic mass is 10.2. The summed E-state index contributed by atoms with van der Waals surface area (Å²) in [6, 6.07) is 13.5. The molecule has 0 saturated carbocycles. The van der Waals surface area contributed by atoms with Gasteiger partial charge in [-0.05, 0) is 30.7 Å². The number of hydrogen-bond acceptors (Lipinski definition) is 4. The van der Waals surface area contributed by atoms with E-state index in [1.54, 1.807) is 7.11 Å². The SMILES string of the molecule is COc1cccc2c(Cl)nc(Nc3ccccc3C)nc12. The Balaban J connectivity index is 2.10. The molecule has 1 aromatic heterocycles. The lowest BCUT2D eigenvalue weighted by Crippen LogP contribution is -2.00. The molecule has 2 aromatic carbocycles. The van der Waals surface area contributed by atoms with E-state index in [4.69, 9.17) is 16.3 Å². The fourth-order valence-electron chi connectivity index (χ4n) is 2.14. The number of nitrogens with one attached hydrogen (secondary N) is 1. The van der Waals surface area contributed by atoms with Crippen LogP contribution in [-0.4, -0.2) is 17.1 Å². The average Bonchev–Trinajstić information content (AvgIpc) is 2.49. The van der Waals surface area contributed by atoms with E-state index in [9.17, 15) is 0 Å². The number of methoxy groups -OCH3 is 1. The summed E-state index contributed by atoms with van der Waals surface area (Å²) in [5.41, 5.74) is 2.75. The van der Waals surface area contributed by atoms with Crippen molar-refractivity contribution in [3.63, 3.8) is 0 Å². The first kappa shape index (κ1) is 13.6. The van der Waals surface area contributed by atoms with Crippen LogP contribution in [0.2, 0.25) is 5.15 Å². The highest BCUT2D eigenvalue weighted by atomic mass is 35.5. The molecule has 0 spiro atoms. The number of nitrogens with zero attached hydrogens (tertiary/aromatic N) is 2. The molecule has 3 aromatic rings.